The van der Waals surface area contributed by atoms with Crippen LogP contribution in [0.2, 0.25) is 10.0 Å². The van der Waals surface area contributed by atoms with Gasteiger partial charge in [0.2, 0.25) is 5.91 Å². The van der Waals surface area contributed by atoms with E-state index in [0.29, 0.717) is 43.2 Å². The number of amides is 2. The van der Waals surface area contributed by atoms with E-state index in [4.69, 9.17) is 23.2 Å². The number of nitrogens with zero attached hydrogens (tertiary/aromatic N) is 2. The molecular weight excluding hydrogens is 454 g/mol. The molecule has 2 aromatic carbocycles. The number of para-hydroxylation sites is 1. The first-order valence-corrected chi connectivity index (χ1v) is 10.3. The van der Waals surface area contributed by atoms with Crippen LogP contribution in [0.15, 0.2) is 42.5 Å². The van der Waals surface area contributed by atoms with Crippen molar-refractivity contribution in [2.45, 2.75) is 12.6 Å². The van der Waals surface area contributed by atoms with Gasteiger partial charge in [0.25, 0.3) is 5.91 Å². The maximum absolute atomic E-state index is 13.2. The summed E-state index contributed by atoms with van der Waals surface area (Å²) >= 11 is 12.0. The van der Waals surface area contributed by atoms with Gasteiger partial charge in [-0.25, -0.2) is 0 Å². The molecule has 1 N–H and O–H groups in total. The zero-order valence-corrected chi connectivity index (χ0v) is 17.9. The molecule has 1 aliphatic heterocycles. The number of hydrogen-bond donors (Lipinski definition) is 1. The lowest BCUT2D eigenvalue weighted by Crippen LogP contribution is -2.38. The molecule has 0 spiro atoms. The van der Waals surface area contributed by atoms with Crippen LogP contribution in [0.25, 0.3) is 0 Å². The Hall–Kier alpha value is -2.29. The molecule has 166 valence electrons. The van der Waals surface area contributed by atoms with E-state index < -0.39 is 23.3 Å². The van der Waals surface area contributed by atoms with E-state index in [9.17, 15) is 22.8 Å². The molecule has 0 saturated carbocycles. The summed E-state index contributed by atoms with van der Waals surface area (Å²) in [5, 5.41) is 2.47. The highest BCUT2D eigenvalue weighted by molar-refractivity contribution is 6.34. The standard InChI is InChI=1S/C21H20Cl2F3N3O2/c22-16-7-2-1-5-14(16)20(31)29-10-4-9-28(11-12-29)13-18(30)27-19-15(21(24,25)26)6-3-8-17(19)23/h1-3,5-8H,4,9-13H2,(H,27,30). The van der Waals surface area contributed by atoms with E-state index in [2.05, 4.69) is 5.32 Å². The molecule has 10 heteroatoms. The fourth-order valence-electron chi connectivity index (χ4n) is 3.41. The topological polar surface area (TPSA) is 52.7 Å². The second kappa shape index (κ2) is 9.89. The van der Waals surface area contributed by atoms with E-state index in [-0.39, 0.29) is 17.5 Å². The van der Waals surface area contributed by atoms with Gasteiger partial charge in [-0.05, 0) is 30.7 Å². The monoisotopic (exact) mass is 473 g/mol. The predicted molar refractivity (Wildman–Crippen MR) is 113 cm³/mol. The molecule has 1 heterocycles. The minimum atomic E-state index is -4.64. The van der Waals surface area contributed by atoms with Crippen LogP contribution in [0, 0.1) is 0 Å². The van der Waals surface area contributed by atoms with Gasteiger partial charge >= 0.3 is 6.18 Å². The van der Waals surface area contributed by atoms with Crippen molar-refractivity contribution >= 4 is 40.7 Å². The first kappa shape index (κ1) is 23.4. The summed E-state index contributed by atoms with van der Waals surface area (Å²) < 4.78 is 39.6. The highest BCUT2D eigenvalue weighted by Crippen LogP contribution is 2.38. The highest BCUT2D eigenvalue weighted by atomic mass is 35.5. The molecule has 0 aliphatic carbocycles. The number of carbonyl (C=O) groups is 2. The van der Waals surface area contributed by atoms with Gasteiger partial charge in [0.15, 0.2) is 0 Å². The Morgan fingerprint density at radius 2 is 1.65 bits per heavy atom. The van der Waals surface area contributed by atoms with Crippen LogP contribution in [-0.4, -0.2) is 54.3 Å². The summed E-state index contributed by atoms with van der Waals surface area (Å²) in [6.45, 7) is 1.67. The molecule has 31 heavy (non-hydrogen) atoms. The molecular formula is C21H20Cl2F3N3O2. The van der Waals surface area contributed by atoms with Crippen LogP contribution in [-0.2, 0) is 11.0 Å². The first-order valence-electron chi connectivity index (χ1n) is 9.58. The lowest BCUT2D eigenvalue weighted by Gasteiger charge is -2.22. The van der Waals surface area contributed by atoms with E-state index >= 15 is 0 Å². The Bertz CT molecular complexity index is 969. The fraction of sp³-hybridized carbons (Fsp3) is 0.333. The average molecular weight is 474 g/mol. The van der Waals surface area contributed by atoms with E-state index in [0.717, 1.165) is 6.07 Å². The molecule has 2 amide bonds. The minimum absolute atomic E-state index is 0.114. The Labute approximate surface area is 187 Å². The molecule has 5 nitrogen and oxygen atoms in total. The fourth-order valence-corrected chi connectivity index (χ4v) is 3.84. The lowest BCUT2D eigenvalue weighted by molar-refractivity contribution is -0.137. The van der Waals surface area contributed by atoms with Crippen molar-refractivity contribution in [1.29, 1.82) is 0 Å². The van der Waals surface area contributed by atoms with Gasteiger partial charge < -0.3 is 10.2 Å². The molecule has 1 aliphatic rings. The Balaban J connectivity index is 1.62. The van der Waals surface area contributed by atoms with Crippen molar-refractivity contribution in [3.63, 3.8) is 0 Å². The summed E-state index contributed by atoms with van der Waals surface area (Å²) in [6.07, 6.45) is -4.03. The number of halogens is 5. The molecule has 0 atom stereocenters. The molecule has 0 unspecified atom stereocenters. The van der Waals surface area contributed by atoms with E-state index in [1.54, 1.807) is 34.1 Å². The van der Waals surface area contributed by atoms with Crippen LogP contribution < -0.4 is 5.32 Å². The number of alkyl halides is 3. The van der Waals surface area contributed by atoms with Crippen LogP contribution in [0.4, 0.5) is 18.9 Å². The van der Waals surface area contributed by atoms with Crippen LogP contribution in [0.1, 0.15) is 22.3 Å². The van der Waals surface area contributed by atoms with Gasteiger partial charge in [-0.2, -0.15) is 13.2 Å². The highest BCUT2D eigenvalue weighted by Gasteiger charge is 2.35. The molecule has 1 saturated heterocycles. The number of anilines is 1. The normalized spacial score (nSPS) is 15.5. The number of nitrogens with one attached hydrogen (secondary N) is 1. The third kappa shape index (κ3) is 5.90. The molecule has 1 fully saturated rings. The molecule has 0 bridgehead atoms. The predicted octanol–water partition coefficient (Wildman–Crippen LogP) is 4.80. The Morgan fingerprint density at radius 3 is 2.35 bits per heavy atom. The second-order valence-corrected chi connectivity index (χ2v) is 7.92. The van der Waals surface area contributed by atoms with Gasteiger partial charge in [-0.15, -0.1) is 0 Å². The SMILES string of the molecule is O=C(CN1CCCN(C(=O)c2ccccc2Cl)CC1)Nc1c(Cl)cccc1C(F)(F)F. The molecule has 3 rings (SSSR count). The Morgan fingerprint density at radius 1 is 0.935 bits per heavy atom. The van der Waals surface area contributed by atoms with Crippen molar-refractivity contribution < 1.29 is 22.8 Å². The van der Waals surface area contributed by atoms with Gasteiger partial charge in [-0.1, -0.05) is 41.4 Å². The van der Waals surface area contributed by atoms with Gasteiger partial charge in [0.1, 0.15) is 0 Å². The molecule has 0 aromatic heterocycles. The Kier molecular flexibility index (Phi) is 7.46. The van der Waals surface area contributed by atoms with Crippen LogP contribution in [0.3, 0.4) is 0 Å². The van der Waals surface area contributed by atoms with E-state index in [1.165, 1.54) is 12.1 Å². The summed E-state index contributed by atoms with van der Waals surface area (Å²) in [6, 6.07) is 10.1. The second-order valence-electron chi connectivity index (χ2n) is 7.11. The van der Waals surface area contributed by atoms with Crippen LogP contribution >= 0.6 is 23.2 Å². The largest absolute Gasteiger partial charge is 0.418 e. The van der Waals surface area contributed by atoms with Gasteiger partial charge in [-0.3, -0.25) is 14.5 Å². The van der Waals surface area contributed by atoms with Crippen molar-refractivity contribution in [1.82, 2.24) is 9.80 Å². The van der Waals surface area contributed by atoms with Crippen molar-refractivity contribution in [3.05, 3.63) is 63.6 Å². The van der Waals surface area contributed by atoms with Gasteiger partial charge in [0.05, 0.1) is 33.4 Å². The summed E-state index contributed by atoms with van der Waals surface area (Å²) in [5.74, 6) is -0.799. The number of rotatable bonds is 4. The first-order chi connectivity index (χ1) is 14.7. The number of carbonyl (C=O) groups excluding carboxylic acids is 2. The summed E-state index contributed by atoms with van der Waals surface area (Å²) in [5.41, 5.74) is -1.04. The third-order valence-corrected chi connectivity index (χ3v) is 5.58. The lowest BCUT2D eigenvalue weighted by atomic mass is 10.1. The summed E-state index contributed by atoms with van der Waals surface area (Å²) in [4.78, 5) is 28.6. The maximum atomic E-state index is 13.2. The third-order valence-electron chi connectivity index (χ3n) is 4.93. The molecule has 2 aromatic rings. The number of benzene rings is 2. The molecule has 0 radical (unpaired) electrons. The van der Waals surface area contributed by atoms with Crippen LogP contribution in [0.5, 0.6) is 0 Å². The number of hydrogen-bond acceptors (Lipinski definition) is 3. The quantitative estimate of drug-likeness (QED) is 0.693. The van der Waals surface area contributed by atoms with Crippen molar-refractivity contribution in [2.75, 3.05) is 38.0 Å². The summed E-state index contributed by atoms with van der Waals surface area (Å²) in [7, 11) is 0. The average Bonchev–Trinajstić information content (AvgIpc) is 2.94. The maximum Gasteiger partial charge on any atom is 0.418 e. The van der Waals surface area contributed by atoms with Crippen molar-refractivity contribution in [2.24, 2.45) is 0 Å². The van der Waals surface area contributed by atoms with Crippen molar-refractivity contribution in [3.8, 4) is 0 Å². The zero-order valence-electron chi connectivity index (χ0n) is 16.4. The van der Waals surface area contributed by atoms with E-state index in [1.807, 2.05) is 0 Å². The minimum Gasteiger partial charge on any atom is -0.337 e. The smallest absolute Gasteiger partial charge is 0.337 e. The van der Waals surface area contributed by atoms with Gasteiger partial charge in [0, 0.05) is 26.2 Å². The zero-order chi connectivity index (χ0) is 22.6.